The number of tetrazole rings is 1. The Morgan fingerprint density at radius 3 is 2.29 bits per heavy atom. The van der Waals surface area contributed by atoms with Gasteiger partial charge in [0.2, 0.25) is 5.82 Å². The number of nitrogens with zero attached hydrogens (tertiary/aromatic N) is 5. The number of anilines is 2. The van der Waals surface area contributed by atoms with Crippen molar-refractivity contribution < 1.29 is 0 Å². The molecule has 1 N–H and O–H groups in total. The first-order valence-electron chi connectivity index (χ1n) is 8.86. The van der Waals surface area contributed by atoms with Gasteiger partial charge < -0.3 is 4.90 Å². The average molecular weight is 391 g/mol. The van der Waals surface area contributed by atoms with Crippen LogP contribution in [-0.2, 0) is 0 Å². The number of halogens is 1. The van der Waals surface area contributed by atoms with Crippen LogP contribution in [-0.4, -0.2) is 32.7 Å². The predicted molar refractivity (Wildman–Crippen MR) is 112 cm³/mol. The predicted octanol–water partition coefficient (Wildman–Crippen LogP) is 4.97. The fraction of sp³-hybridized carbons (Fsp3) is 0.143. The third kappa shape index (κ3) is 3.23. The Hall–Kier alpha value is -3.25. The second kappa shape index (κ2) is 7.40. The van der Waals surface area contributed by atoms with E-state index in [0.717, 1.165) is 39.5 Å². The van der Waals surface area contributed by atoms with E-state index in [4.69, 9.17) is 11.6 Å². The molecule has 0 radical (unpaired) electrons. The molecule has 0 unspecified atom stereocenters. The highest BCUT2D eigenvalue weighted by atomic mass is 35.5. The molecule has 0 aliphatic heterocycles. The van der Waals surface area contributed by atoms with Gasteiger partial charge in [-0.2, -0.15) is 5.21 Å². The fourth-order valence-corrected chi connectivity index (χ4v) is 3.57. The summed E-state index contributed by atoms with van der Waals surface area (Å²) in [6, 6.07) is 18.2. The van der Waals surface area contributed by atoms with E-state index in [-0.39, 0.29) is 0 Å². The molecular weight excluding hydrogens is 372 g/mol. The topological polar surface area (TPSA) is 70.6 Å². The monoisotopic (exact) mass is 390 g/mol. The van der Waals surface area contributed by atoms with Gasteiger partial charge in [0.1, 0.15) is 0 Å². The summed E-state index contributed by atoms with van der Waals surface area (Å²) in [6.07, 6.45) is 0. The number of pyridine rings is 1. The number of hydrogen-bond donors (Lipinski definition) is 1. The van der Waals surface area contributed by atoms with Crippen molar-refractivity contribution in [1.82, 2.24) is 25.6 Å². The Morgan fingerprint density at radius 2 is 1.57 bits per heavy atom. The van der Waals surface area contributed by atoms with Gasteiger partial charge in [0.25, 0.3) is 0 Å². The number of para-hydroxylation sites is 1. The lowest BCUT2D eigenvalue weighted by molar-refractivity contribution is 0.881. The third-order valence-electron chi connectivity index (χ3n) is 4.66. The molecule has 0 bridgehead atoms. The van der Waals surface area contributed by atoms with Crippen LogP contribution in [0.15, 0.2) is 54.6 Å². The lowest BCUT2D eigenvalue weighted by Gasteiger charge is -2.25. The van der Waals surface area contributed by atoms with Crippen molar-refractivity contribution in [2.45, 2.75) is 13.8 Å². The van der Waals surface area contributed by atoms with Crippen molar-refractivity contribution in [3.05, 3.63) is 71.0 Å². The van der Waals surface area contributed by atoms with Crippen molar-refractivity contribution >= 4 is 23.0 Å². The molecule has 0 amide bonds. The Kier molecular flexibility index (Phi) is 4.79. The molecule has 2 aromatic carbocycles. The molecule has 4 aromatic rings. The van der Waals surface area contributed by atoms with Crippen LogP contribution in [0.5, 0.6) is 0 Å². The van der Waals surface area contributed by atoms with Crippen LogP contribution in [0, 0.1) is 13.8 Å². The van der Waals surface area contributed by atoms with Gasteiger partial charge in [-0.05, 0) is 36.8 Å². The molecule has 0 atom stereocenters. The summed E-state index contributed by atoms with van der Waals surface area (Å²) in [7, 11) is 2.01. The molecule has 2 heterocycles. The maximum absolute atomic E-state index is 6.58. The molecule has 4 rings (SSSR count). The first-order valence-corrected chi connectivity index (χ1v) is 9.24. The summed E-state index contributed by atoms with van der Waals surface area (Å²) in [5, 5.41) is 15.2. The van der Waals surface area contributed by atoms with Crippen LogP contribution in [0.3, 0.4) is 0 Å². The lowest BCUT2D eigenvalue weighted by atomic mass is 9.97. The Labute approximate surface area is 168 Å². The van der Waals surface area contributed by atoms with E-state index in [1.54, 1.807) is 0 Å². The molecular formula is C21H19ClN6. The minimum absolute atomic E-state index is 0.557. The SMILES string of the molecule is Cc1cc(N(C)c2ccccc2-c2ccccc2-c2nn[nH]n2)c(Cl)c(C)n1. The number of nitrogens with one attached hydrogen (secondary N) is 1. The van der Waals surface area contributed by atoms with Gasteiger partial charge >= 0.3 is 0 Å². The largest absolute Gasteiger partial charge is 0.343 e. The van der Waals surface area contributed by atoms with Crippen molar-refractivity contribution in [1.29, 1.82) is 0 Å². The van der Waals surface area contributed by atoms with Gasteiger partial charge in [-0.1, -0.05) is 54.1 Å². The molecule has 0 saturated carbocycles. The van der Waals surface area contributed by atoms with Crippen LogP contribution in [0.4, 0.5) is 11.4 Å². The Bertz CT molecular complexity index is 1120. The zero-order valence-electron chi connectivity index (χ0n) is 15.8. The summed E-state index contributed by atoms with van der Waals surface area (Å²) in [6.45, 7) is 3.89. The first kappa shape index (κ1) is 18.1. The second-order valence-corrected chi connectivity index (χ2v) is 6.92. The summed E-state index contributed by atoms with van der Waals surface area (Å²) in [5.41, 5.74) is 6.65. The molecule has 0 fully saturated rings. The smallest absolute Gasteiger partial charge is 0.205 e. The number of hydrogen-bond acceptors (Lipinski definition) is 5. The van der Waals surface area contributed by atoms with Gasteiger partial charge in [0, 0.05) is 29.6 Å². The number of H-pyrrole nitrogens is 1. The standard InChI is InChI=1S/C21H19ClN6/c1-13-12-19(20(22)14(2)23-13)28(3)18-11-7-6-9-16(18)15-8-4-5-10-17(15)21-24-26-27-25-21/h4-12H,1-3H3,(H,24,25,26,27). The average Bonchev–Trinajstić information content (AvgIpc) is 3.25. The number of rotatable bonds is 4. The van der Waals surface area contributed by atoms with E-state index in [9.17, 15) is 0 Å². The number of aryl methyl sites for hydroxylation is 2. The molecule has 0 saturated heterocycles. The normalized spacial score (nSPS) is 10.9. The van der Waals surface area contributed by atoms with Crippen LogP contribution < -0.4 is 4.90 Å². The fourth-order valence-electron chi connectivity index (χ4n) is 3.35. The third-order valence-corrected chi connectivity index (χ3v) is 5.13. The van der Waals surface area contributed by atoms with Gasteiger partial charge in [-0.3, -0.25) is 4.98 Å². The summed E-state index contributed by atoms with van der Waals surface area (Å²) in [4.78, 5) is 6.54. The van der Waals surface area contributed by atoms with E-state index in [1.165, 1.54) is 0 Å². The highest BCUT2D eigenvalue weighted by Crippen LogP contribution is 2.40. The zero-order chi connectivity index (χ0) is 19.7. The summed E-state index contributed by atoms with van der Waals surface area (Å²) >= 11 is 6.58. The minimum atomic E-state index is 0.557. The highest BCUT2D eigenvalue weighted by Gasteiger charge is 2.18. The van der Waals surface area contributed by atoms with Crippen LogP contribution in [0.25, 0.3) is 22.5 Å². The maximum atomic E-state index is 6.58. The van der Waals surface area contributed by atoms with Crippen LogP contribution >= 0.6 is 11.6 Å². The summed E-state index contributed by atoms with van der Waals surface area (Å²) < 4.78 is 0. The number of aromatic amines is 1. The van der Waals surface area contributed by atoms with E-state index >= 15 is 0 Å². The number of aromatic nitrogens is 5. The lowest BCUT2D eigenvalue weighted by Crippen LogP contribution is -2.12. The zero-order valence-corrected chi connectivity index (χ0v) is 16.6. The van der Waals surface area contributed by atoms with Crippen molar-refractivity contribution in [3.8, 4) is 22.5 Å². The summed E-state index contributed by atoms with van der Waals surface area (Å²) in [5.74, 6) is 0.557. The van der Waals surface area contributed by atoms with E-state index in [1.807, 2.05) is 57.3 Å². The van der Waals surface area contributed by atoms with Crippen LogP contribution in [0.1, 0.15) is 11.4 Å². The van der Waals surface area contributed by atoms with Gasteiger partial charge in [0.15, 0.2) is 0 Å². The Balaban J connectivity index is 1.88. The first-order chi connectivity index (χ1) is 13.6. The molecule has 0 aliphatic carbocycles. The van der Waals surface area contributed by atoms with E-state index in [0.29, 0.717) is 10.8 Å². The van der Waals surface area contributed by atoms with Gasteiger partial charge in [-0.15, -0.1) is 10.2 Å². The molecule has 0 spiro atoms. The molecule has 2 aromatic heterocycles. The van der Waals surface area contributed by atoms with Gasteiger partial charge in [0.05, 0.1) is 16.4 Å². The second-order valence-electron chi connectivity index (χ2n) is 6.54. The Morgan fingerprint density at radius 1 is 0.893 bits per heavy atom. The van der Waals surface area contributed by atoms with Crippen molar-refractivity contribution in [2.24, 2.45) is 0 Å². The maximum Gasteiger partial charge on any atom is 0.205 e. The van der Waals surface area contributed by atoms with Crippen molar-refractivity contribution in [2.75, 3.05) is 11.9 Å². The molecule has 28 heavy (non-hydrogen) atoms. The van der Waals surface area contributed by atoms with E-state index in [2.05, 4.69) is 48.7 Å². The van der Waals surface area contributed by atoms with Crippen LogP contribution in [0.2, 0.25) is 5.02 Å². The molecule has 6 nitrogen and oxygen atoms in total. The molecule has 7 heteroatoms. The highest BCUT2D eigenvalue weighted by molar-refractivity contribution is 6.34. The molecule has 140 valence electrons. The number of benzene rings is 2. The van der Waals surface area contributed by atoms with Gasteiger partial charge in [-0.25, -0.2) is 0 Å². The quantitative estimate of drug-likeness (QED) is 0.532. The van der Waals surface area contributed by atoms with Crippen molar-refractivity contribution in [3.63, 3.8) is 0 Å². The minimum Gasteiger partial charge on any atom is -0.343 e. The van der Waals surface area contributed by atoms with E-state index < -0.39 is 0 Å². The molecule has 0 aliphatic rings.